The molecule has 2 aliphatic heterocycles. The molecule has 1 atom stereocenters. The van der Waals surface area contributed by atoms with E-state index in [0.29, 0.717) is 12.1 Å². The molecule has 4 nitrogen and oxygen atoms in total. The first-order valence-electron chi connectivity index (χ1n) is 7.96. The highest BCUT2D eigenvalue weighted by molar-refractivity contribution is 5.74. The van der Waals surface area contributed by atoms with Gasteiger partial charge in [-0.15, -0.1) is 0 Å². The molecule has 0 saturated carbocycles. The van der Waals surface area contributed by atoms with Crippen molar-refractivity contribution in [3.8, 4) is 0 Å². The number of amides is 2. The van der Waals surface area contributed by atoms with Crippen LogP contribution in [0.4, 0.5) is 4.79 Å². The summed E-state index contributed by atoms with van der Waals surface area (Å²) in [6.07, 6.45) is 7.30. The Morgan fingerprint density at radius 1 is 1.05 bits per heavy atom. The van der Waals surface area contributed by atoms with E-state index in [-0.39, 0.29) is 6.03 Å². The minimum atomic E-state index is 0.164. The number of urea groups is 1. The molecule has 2 fully saturated rings. The van der Waals surface area contributed by atoms with Gasteiger partial charge in [0.2, 0.25) is 0 Å². The van der Waals surface area contributed by atoms with Crippen LogP contribution < -0.4 is 5.32 Å². The SMILES string of the molecule is CC(C)N1CCC(NC(=O)N2CCCCCCC2)C1. The van der Waals surface area contributed by atoms with Gasteiger partial charge in [0.15, 0.2) is 0 Å². The fraction of sp³-hybridized carbons (Fsp3) is 0.933. The zero-order valence-electron chi connectivity index (χ0n) is 12.5. The van der Waals surface area contributed by atoms with Crippen LogP contribution >= 0.6 is 0 Å². The molecule has 0 radical (unpaired) electrons. The molecule has 4 heteroatoms. The zero-order valence-corrected chi connectivity index (χ0v) is 12.5. The summed E-state index contributed by atoms with van der Waals surface area (Å²) in [6.45, 7) is 8.45. The van der Waals surface area contributed by atoms with Crippen molar-refractivity contribution in [2.75, 3.05) is 26.2 Å². The third-order valence-corrected chi connectivity index (χ3v) is 4.42. The van der Waals surface area contributed by atoms with Gasteiger partial charge in [-0.2, -0.15) is 0 Å². The molecule has 2 heterocycles. The molecule has 0 aromatic carbocycles. The number of carbonyl (C=O) groups excluding carboxylic acids is 1. The minimum Gasteiger partial charge on any atom is -0.334 e. The van der Waals surface area contributed by atoms with Gasteiger partial charge in [-0.05, 0) is 33.1 Å². The van der Waals surface area contributed by atoms with Crippen LogP contribution in [0.5, 0.6) is 0 Å². The predicted molar refractivity (Wildman–Crippen MR) is 78.3 cm³/mol. The normalized spacial score (nSPS) is 26.3. The number of hydrogen-bond donors (Lipinski definition) is 1. The van der Waals surface area contributed by atoms with Crippen LogP contribution in [0.25, 0.3) is 0 Å². The van der Waals surface area contributed by atoms with E-state index in [1.165, 1.54) is 19.3 Å². The monoisotopic (exact) mass is 267 g/mol. The summed E-state index contributed by atoms with van der Waals surface area (Å²) in [7, 11) is 0. The summed E-state index contributed by atoms with van der Waals surface area (Å²) >= 11 is 0. The van der Waals surface area contributed by atoms with Gasteiger partial charge in [0.25, 0.3) is 0 Å². The maximum atomic E-state index is 12.3. The lowest BCUT2D eigenvalue weighted by Gasteiger charge is -2.27. The van der Waals surface area contributed by atoms with E-state index in [1.807, 2.05) is 4.90 Å². The Morgan fingerprint density at radius 2 is 1.68 bits per heavy atom. The molecule has 2 saturated heterocycles. The Balaban J connectivity index is 1.77. The summed E-state index contributed by atoms with van der Waals surface area (Å²) in [5.74, 6) is 0. The first-order chi connectivity index (χ1) is 9.16. The molecule has 0 aromatic rings. The number of likely N-dealkylation sites (tertiary alicyclic amines) is 2. The maximum Gasteiger partial charge on any atom is 0.317 e. The van der Waals surface area contributed by atoms with Crippen LogP contribution in [0.1, 0.15) is 52.4 Å². The zero-order chi connectivity index (χ0) is 13.7. The smallest absolute Gasteiger partial charge is 0.317 e. The number of nitrogens with zero attached hydrogens (tertiary/aromatic N) is 2. The van der Waals surface area contributed by atoms with E-state index in [9.17, 15) is 4.79 Å². The van der Waals surface area contributed by atoms with E-state index >= 15 is 0 Å². The fourth-order valence-corrected chi connectivity index (χ4v) is 3.09. The van der Waals surface area contributed by atoms with Crippen molar-refractivity contribution in [2.24, 2.45) is 0 Å². The molecular formula is C15H29N3O. The van der Waals surface area contributed by atoms with Crippen LogP contribution in [0.3, 0.4) is 0 Å². The van der Waals surface area contributed by atoms with Crippen LogP contribution in [0, 0.1) is 0 Å². The summed E-state index contributed by atoms with van der Waals surface area (Å²) < 4.78 is 0. The van der Waals surface area contributed by atoms with Gasteiger partial charge in [-0.1, -0.05) is 19.3 Å². The van der Waals surface area contributed by atoms with Gasteiger partial charge in [-0.3, -0.25) is 4.90 Å². The van der Waals surface area contributed by atoms with Crippen molar-refractivity contribution < 1.29 is 4.79 Å². The third kappa shape index (κ3) is 4.37. The van der Waals surface area contributed by atoms with Crippen molar-refractivity contribution in [2.45, 2.75) is 64.5 Å². The summed E-state index contributed by atoms with van der Waals surface area (Å²) in [6, 6.07) is 1.10. The number of hydrogen-bond acceptors (Lipinski definition) is 2. The molecule has 0 bridgehead atoms. The first-order valence-corrected chi connectivity index (χ1v) is 7.96. The van der Waals surface area contributed by atoms with Gasteiger partial charge in [0.05, 0.1) is 0 Å². The minimum absolute atomic E-state index is 0.164. The van der Waals surface area contributed by atoms with Gasteiger partial charge in [-0.25, -0.2) is 4.79 Å². The quantitative estimate of drug-likeness (QED) is 0.834. The second-order valence-electron chi connectivity index (χ2n) is 6.28. The number of carbonyl (C=O) groups is 1. The Labute approximate surface area is 117 Å². The molecule has 0 aromatic heterocycles. The average molecular weight is 267 g/mol. The van der Waals surface area contributed by atoms with E-state index in [0.717, 1.165) is 45.4 Å². The Morgan fingerprint density at radius 3 is 2.26 bits per heavy atom. The van der Waals surface area contributed by atoms with E-state index in [1.54, 1.807) is 0 Å². The van der Waals surface area contributed by atoms with E-state index < -0.39 is 0 Å². The van der Waals surface area contributed by atoms with Crippen molar-refractivity contribution in [3.63, 3.8) is 0 Å². The molecule has 19 heavy (non-hydrogen) atoms. The first kappa shape index (κ1) is 14.6. The van der Waals surface area contributed by atoms with Crippen LogP contribution in [-0.4, -0.2) is 54.1 Å². The Kier molecular flexibility index (Phi) is 5.49. The summed E-state index contributed by atoms with van der Waals surface area (Å²) in [5, 5.41) is 3.23. The van der Waals surface area contributed by atoms with Crippen molar-refractivity contribution >= 4 is 6.03 Å². The molecule has 1 N–H and O–H groups in total. The molecule has 0 spiro atoms. The third-order valence-electron chi connectivity index (χ3n) is 4.42. The van der Waals surface area contributed by atoms with E-state index in [2.05, 4.69) is 24.1 Å². The molecule has 2 amide bonds. The maximum absolute atomic E-state index is 12.3. The van der Waals surface area contributed by atoms with E-state index in [4.69, 9.17) is 0 Å². The lowest BCUT2D eigenvalue weighted by Crippen LogP contribution is -2.47. The van der Waals surface area contributed by atoms with Crippen molar-refractivity contribution in [1.29, 1.82) is 0 Å². The van der Waals surface area contributed by atoms with Crippen molar-refractivity contribution in [1.82, 2.24) is 15.1 Å². The molecule has 110 valence electrons. The van der Waals surface area contributed by atoms with Crippen molar-refractivity contribution in [3.05, 3.63) is 0 Å². The van der Waals surface area contributed by atoms with Gasteiger partial charge < -0.3 is 10.2 Å². The highest BCUT2D eigenvalue weighted by atomic mass is 16.2. The van der Waals surface area contributed by atoms with Crippen LogP contribution in [0.15, 0.2) is 0 Å². The Bertz CT molecular complexity index is 285. The van der Waals surface area contributed by atoms with Gasteiger partial charge in [0, 0.05) is 38.3 Å². The standard InChI is InChI=1S/C15H29N3O/c1-13(2)18-11-8-14(12-18)16-15(19)17-9-6-4-3-5-7-10-17/h13-14H,3-12H2,1-2H3,(H,16,19). The van der Waals surface area contributed by atoms with Gasteiger partial charge >= 0.3 is 6.03 Å². The lowest BCUT2D eigenvalue weighted by molar-refractivity contribution is 0.187. The molecule has 1 unspecified atom stereocenters. The highest BCUT2D eigenvalue weighted by Crippen LogP contribution is 2.14. The van der Waals surface area contributed by atoms with Gasteiger partial charge in [0.1, 0.15) is 0 Å². The number of nitrogens with one attached hydrogen (secondary N) is 1. The molecule has 0 aliphatic carbocycles. The fourth-order valence-electron chi connectivity index (χ4n) is 3.09. The second-order valence-corrected chi connectivity index (χ2v) is 6.28. The van der Waals surface area contributed by atoms with Crippen LogP contribution in [0.2, 0.25) is 0 Å². The topological polar surface area (TPSA) is 35.6 Å². The average Bonchev–Trinajstić information content (AvgIpc) is 2.76. The Hall–Kier alpha value is -0.770. The molecular weight excluding hydrogens is 238 g/mol. The van der Waals surface area contributed by atoms with Crippen LogP contribution in [-0.2, 0) is 0 Å². The summed E-state index contributed by atoms with van der Waals surface area (Å²) in [4.78, 5) is 16.8. The largest absolute Gasteiger partial charge is 0.334 e. The highest BCUT2D eigenvalue weighted by Gasteiger charge is 2.26. The molecule has 2 rings (SSSR count). The predicted octanol–water partition coefficient (Wildman–Crippen LogP) is 2.44. The lowest BCUT2D eigenvalue weighted by atomic mass is 10.1. The summed E-state index contributed by atoms with van der Waals surface area (Å²) in [5.41, 5.74) is 0. The number of rotatable bonds is 2. The second kappa shape index (κ2) is 7.13. The molecule has 2 aliphatic rings.